The molecule has 0 saturated carbocycles. The van der Waals surface area contributed by atoms with Crippen molar-refractivity contribution < 1.29 is 14.5 Å². The number of rotatable bonds is 5. The zero-order valence-corrected chi connectivity index (χ0v) is 13.6. The quantitative estimate of drug-likeness (QED) is 0.389. The van der Waals surface area contributed by atoms with E-state index in [0.717, 1.165) is 0 Å². The van der Waals surface area contributed by atoms with Crippen LogP contribution in [0.4, 0.5) is 11.4 Å². The lowest BCUT2D eigenvalue weighted by atomic mass is 10.1. The predicted molar refractivity (Wildman–Crippen MR) is 93.0 cm³/mol. The lowest BCUT2D eigenvalue weighted by Crippen LogP contribution is -2.14. The van der Waals surface area contributed by atoms with E-state index >= 15 is 0 Å². The van der Waals surface area contributed by atoms with Crippen LogP contribution in [0.1, 0.15) is 11.1 Å². The molecule has 0 aromatic heterocycles. The zero-order valence-electron chi connectivity index (χ0n) is 13.6. The van der Waals surface area contributed by atoms with E-state index < -0.39 is 10.8 Å². The minimum atomic E-state index is -0.588. The molecule has 0 unspecified atom stereocenters. The molecule has 1 amide bonds. The number of nitrogens with one attached hydrogen (secondary N) is 1. The minimum absolute atomic E-state index is 0.0650. The van der Waals surface area contributed by atoms with E-state index in [9.17, 15) is 20.2 Å². The maximum atomic E-state index is 12.3. The number of nitro benzene ring substituents is 1. The Balaban J connectivity index is 2.21. The van der Waals surface area contributed by atoms with Crippen molar-refractivity contribution in [2.75, 3.05) is 12.4 Å². The van der Waals surface area contributed by atoms with E-state index in [1.165, 1.54) is 24.3 Å². The number of amides is 1. The van der Waals surface area contributed by atoms with Crippen molar-refractivity contribution in [2.24, 2.45) is 0 Å². The first-order valence-corrected chi connectivity index (χ1v) is 7.27. The summed E-state index contributed by atoms with van der Waals surface area (Å²) in [5, 5.41) is 22.6. The molecule has 0 aliphatic heterocycles. The summed E-state index contributed by atoms with van der Waals surface area (Å²) in [7, 11) is 1.55. The van der Waals surface area contributed by atoms with Gasteiger partial charge in [0.25, 0.3) is 11.6 Å². The number of anilines is 1. The number of non-ortho nitro benzene ring substituents is 1. The molecule has 2 aromatic rings. The van der Waals surface area contributed by atoms with Gasteiger partial charge in [-0.25, -0.2) is 0 Å². The van der Waals surface area contributed by atoms with Gasteiger partial charge >= 0.3 is 0 Å². The van der Waals surface area contributed by atoms with Gasteiger partial charge in [0, 0.05) is 17.8 Å². The summed E-state index contributed by atoms with van der Waals surface area (Å²) in [6.45, 7) is 1.64. The van der Waals surface area contributed by atoms with Gasteiger partial charge in [-0.2, -0.15) is 5.26 Å². The van der Waals surface area contributed by atoms with E-state index in [4.69, 9.17) is 4.74 Å². The molecule has 0 bridgehead atoms. The number of methoxy groups -OCH3 is 1. The number of hydrogen-bond donors (Lipinski definition) is 1. The molecule has 0 fully saturated rings. The molecule has 7 heteroatoms. The van der Waals surface area contributed by atoms with Crippen LogP contribution in [-0.4, -0.2) is 17.9 Å². The van der Waals surface area contributed by atoms with Gasteiger partial charge in [-0.3, -0.25) is 14.9 Å². The molecule has 0 atom stereocenters. The molecule has 25 heavy (non-hydrogen) atoms. The molecule has 7 nitrogen and oxygen atoms in total. The van der Waals surface area contributed by atoms with Crippen molar-refractivity contribution >= 4 is 23.4 Å². The van der Waals surface area contributed by atoms with Gasteiger partial charge < -0.3 is 10.1 Å². The van der Waals surface area contributed by atoms with Crippen molar-refractivity contribution in [2.45, 2.75) is 6.92 Å². The second-order valence-corrected chi connectivity index (χ2v) is 5.15. The van der Waals surface area contributed by atoms with Crippen LogP contribution in [0, 0.1) is 28.4 Å². The molecule has 0 radical (unpaired) electrons. The molecule has 0 aliphatic rings. The molecular formula is C18H15N3O4. The first-order valence-electron chi connectivity index (χ1n) is 7.27. The second kappa shape index (κ2) is 7.75. The average Bonchev–Trinajstić information content (AvgIpc) is 2.61. The Morgan fingerprint density at radius 2 is 1.96 bits per heavy atom. The monoisotopic (exact) mass is 337 g/mol. The fourth-order valence-electron chi connectivity index (χ4n) is 2.11. The summed E-state index contributed by atoms with van der Waals surface area (Å²) in [5.41, 5.74) is 1.47. The van der Waals surface area contributed by atoms with Crippen LogP contribution in [0.15, 0.2) is 48.0 Å². The van der Waals surface area contributed by atoms with Crippen molar-refractivity contribution in [3.63, 3.8) is 0 Å². The van der Waals surface area contributed by atoms with Gasteiger partial charge in [-0.1, -0.05) is 12.1 Å². The molecular weight excluding hydrogens is 322 g/mol. The van der Waals surface area contributed by atoms with E-state index in [1.807, 2.05) is 6.07 Å². The molecule has 2 aromatic carbocycles. The van der Waals surface area contributed by atoms with Crippen molar-refractivity contribution in [3.05, 3.63) is 69.3 Å². The Morgan fingerprint density at radius 3 is 2.48 bits per heavy atom. The predicted octanol–water partition coefficient (Wildman–Crippen LogP) is 3.46. The Kier molecular flexibility index (Phi) is 5.48. The first kappa shape index (κ1) is 17.7. The van der Waals surface area contributed by atoms with Gasteiger partial charge in [0.1, 0.15) is 17.4 Å². The topological polar surface area (TPSA) is 105 Å². The highest BCUT2D eigenvalue weighted by Crippen LogP contribution is 2.22. The normalized spacial score (nSPS) is 10.7. The maximum absolute atomic E-state index is 12.3. The summed E-state index contributed by atoms with van der Waals surface area (Å²) in [5.74, 6) is 0.0804. The van der Waals surface area contributed by atoms with E-state index in [0.29, 0.717) is 22.6 Å². The lowest BCUT2D eigenvalue weighted by molar-refractivity contribution is -0.384. The maximum Gasteiger partial charge on any atom is 0.269 e. The SMILES string of the molecule is COc1ccc(C=C(C#N)C(=O)Nc2ccc([N+](=O)[O-])cc2C)cc1. The number of nitrogens with zero attached hydrogens (tertiary/aromatic N) is 2. The van der Waals surface area contributed by atoms with Gasteiger partial charge in [0.15, 0.2) is 0 Å². The highest BCUT2D eigenvalue weighted by atomic mass is 16.6. The van der Waals surface area contributed by atoms with Crippen LogP contribution >= 0.6 is 0 Å². The number of hydrogen-bond acceptors (Lipinski definition) is 5. The number of nitro groups is 1. The van der Waals surface area contributed by atoms with Crippen LogP contribution in [0.25, 0.3) is 6.08 Å². The summed E-state index contributed by atoms with van der Waals surface area (Å²) >= 11 is 0. The van der Waals surface area contributed by atoms with Crippen LogP contribution < -0.4 is 10.1 Å². The molecule has 0 aliphatic carbocycles. The third kappa shape index (κ3) is 4.42. The number of carbonyl (C=O) groups excluding carboxylic acids is 1. The largest absolute Gasteiger partial charge is 0.497 e. The van der Waals surface area contributed by atoms with Crippen LogP contribution in [0.2, 0.25) is 0 Å². The molecule has 0 spiro atoms. The Hall–Kier alpha value is -3.66. The Labute approximate surface area is 144 Å². The Bertz CT molecular complexity index is 880. The third-order valence-corrected chi connectivity index (χ3v) is 3.46. The summed E-state index contributed by atoms with van der Waals surface area (Å²) in [4.78, 5) is 22.5. The van der Waals surface area contributed by atoms with Crippen molar-refractivity contribution in [1.82, 2.24) is 0 Å². The highest BCUT2D eigenvalue weighted by Gasteiger charge is 2.13. The molecule has 0 heterocycles. The summed E-state index contributed by atoms with van der Waals surface area (Å²) in [6, 6.07) is 12.8. The number of aryl methyl sites for hydroxylation is 1. The fourth-order valence-corrected chi connectivity index (χ4v) is 2.11. The van der Waals surface area contributed by atoms with E-state index in [2.05, 4.69) is 5.32 Å². The van der Waals surface area contributed by atoms with Gasteiger partial charge in [0.2, 0.25) is 0 Å². The Morgan fingerprint density at radius 1 is 1.28 bits per heavy atom. The molecule has 126 valence electrons. The van der Waals surface area contributed by atoms with E-state index in [-0.39, 0.29) is 11.3 Å². The molecule has 0 saturated heterocycles. The van der Waals surface area contributed by atoms with Crippen LogP contribution in [-0.2, 0) is 4.79 Å². The average molecular weight is 337 g/mol. The molecule has 2 rings (SSSR count). The van der Waals surface area contributed by atoms with Crippen LogP contribution in [0.5, 0.6) is 5.75 Å². The highest BCUT2D eigenvalue weighted by molar-refractivity contribution is 6.10. The molecule has 1 N–H and O–H groups in total. The number of benzene rings is 2. The standard InChI is InChI=1S/C18H15N3O4/c1-12-9-15(21(23)24)5-8-17(12)20-18(22)14(11-19)10-13-3-6-16(25-2)7-4-13/h3-10H,1-2H3,(H,20,22). The third-order valence-electron chi connectivity index (χ3n) is 3.46. The summed E-state index contributed by atoms with van der Waals surface area (Å²) in [6.07, 6.45) is 1.45. The van der Waals surface area contributed by atoms with Crippen molar-refractivity contribution in [1.29, 1.82) is 5.26 Å². The fraction of sp³-hybridized carbons (Fsp3) is 0.111. The van der Waals surface area contributed by atoms with Crippen molar-refractivity contribution in [3.8, 4) is 11.8 Å². The zero-order chi connectivity index (χ0) is 18.4. The smallest absolute Gasteiger partial charge is 0.269 e. The summed E-state index contributed by atoms with van der Waals surface area (Å²) < 4.78 is 5.05. The van der Waals surface area contributed by atoms with Crippen LogP contribution in [0.3, 0.4) is 0 Å². The van der Waals surface area contributed by atoms with E-state index in [1.54, 1.807) is 38.3 Å². The van der Waals surface area contributed by atoms with Gasteiger partial charge in [-0.15, -0.1) is 0 Å². The minimum Gasteiger partial charge on any atom is -0.497 e. The first-order chi connectivity index (χ1) is 11.9. The van der Waals surface area contributed by atoms with Gasteiger partial charge in [0.05, 0.1) is 12.0 Å². The number of nitriles is 1. The van der Waals surface area contributed by atoms with Gasteiger partial charge in [-0.05, 0) is 42.3 Å². The second-order valence-electron chi connectivity index (χ2n) is 5.15. The lowest BCUT2D eigenvalue weighted by Gasteiger charge is -2.07. The number of carbonyl (C=O) groups is 1. The number of ether oxygens (including phenoxy) is 1.